The van der Waals surface area contributed by atoms with Crippen molar-refractivity contribution in [1.29, 1.82) is 0 Å². The van der Waals surface area contributed by atoms with Gasteiger partial charge in [0.2, 0.25) is 0 Å². The second-order valence-electron chi connectivity index (χ2n) is 4.20. The summed E-state index contributed by atoms with van der Waals surface area (Å²) in [5, 5.41) is 1.03. The first-order valence-electron chi connectivity index (χ1n) is 5.42. The molecule has 0 heterocycles. The predicted octanol–water partition coefficient (Wildman–Crippen LogP) is 4.90. The third kappa shape index (κ3) is 3.50. The smallest absolute Gasteiger partial charge is 0.325 e. The van der Waals surface area contributed by atoms with E-state index in [0.29, 0.717) is 3.57 Å². The molecule has 0 unspecified atom stereocenters. The lowest BCUT2D eigenvalue weighted by Crippen LogP contribution is -2.65. The normalized spacial score (nSPS) is 13.8. The van der Waals surface area contributed by atoms with Crippen molar-refractivity contribution < 1.29 is 44.3 Å². The van der Waals surface area contributed by atoms with Crippen molar-refractivity contribution >= 4 is 34.2 Å². The Morgan fingerprint density at radius 2 is 1.13 bits per heavy atom. The first kappa shape index (κ1) is 19.8. The molecular weight excluding hydrogens is 460 g/mol. The molecule has 0 radical (unpaired) electrons. The Hall–Kier alpha value is -1.21. The van der Waals surface area contributed by atoms with Gasteiger partial charge in [-0.05, 0) is 46.9 Å². The molecule has 0 aliphatic rings. The Labute approximate surface area is 136 Å². The maximum atomic E-state index is 12.7. The number of benzene rings is 1. The zero-order valence-corrected chi connectivity index (χ0v) is 12.7. The number of hydrogen-bond acceptors (Lipinski definition) is 1. The number of alkyl halides is 9. The molecule has 1 amide bonds. The molecule has 1 aromatic rings. The van der Waals surface area contributed by atoms with Crippen LogP contribution < -0.4 is 5.32 Å². The Bertz CT molecular complexity index is 537. The molecule has 0 aliphatic carbocycles. The van der Waals surface area contributed by atoms with Crippen molar-refractivity contribution in [3.05, 3.63) is 27.8 Å². The highest BCUT2D eigenvalue weighted by molar-refractivity contribution is 14.1. The molecule has 1 aromatic carbocycles. The third-order valence-electron chi connectivity index (χ3n) is 2.72. The Morgan fingerprint density at radius 1 is 0.783 bits per heavy atom. The van der Waals surface area contributed by atoms with Gasteiger partial charge in [-0.15, -0.1) is 0 Å². The molecule has 0 spiro atoms. The van der Waals surface area contributed by atoms with Gasteiger partial charge in [0.1, 0.15) is 0 Å². The first-order valence-corrected chi connectivity index (χ1v) is 6.49. The minimum atomic E-state index is -6.93. The van der Waals surface area contributed by atoms with Gasteiger partial charge in [0.15, 0.2) is 0 Å². The summed E-state index contributed by atoms with van der Waals surface area (Å²) in [5.41, 5.74) is -7.17. The lowest BCUT2D eigenvalue weighted by Gasteiger charge is -2.36. The van der Waals surface area contributed by atoms with E-state index in [1.165, 1.54) is 12.1 Å². The summed E-state index contributed by atoms with van der Waals surface area (Å²) in [6.45, 7) is 0. The minimum absolute atomic E-state index is 0.495. The topological polar surface area (TPSA) is 29.1 Å². The van der Waals surface area contributed by atoms with Crippen LogP contribution in [-0.2, 0) is 4.79 Å². The molecule has 0 saturated heterocycles. The summed E-state index contributed by atoms with van der Waals surface area (Å²) in [4.78, 5) is 11.4. The molecule has 12 heteroatoms. The molecule has 23 heavy (non-hydrogen) atoms. The fraction of sp³-hybridized carbons (Fsp3) is 0.364. The van der Waals surface area contributed by atoms with Gasteiger partial charge in [0.25, 0.3) is 5.91 Å². The quantitative estimate of drug-likeness (QED) is 0.489. The number of halogens is 10. The van der Waals surface area contributed by atoms with Crippen LogP contribution in [0.4, 0.5) is 45.2 Å². The van der Waals surface area contributed by atoms with Crippen molar-refractivity contribution in [2.45, 2.75) is 18.5 Å². The Balaban J connectivity index is 3.45. The van der Waals surface area contributed by atoms with Crippen LogP contribution in [0, 0.1) is 8.99 Å². The van der Waals surface area contributed by atoms with Gasteiger partial charge in [0, 0.05) is 9.26 Å². The number of nitrogens with one attached hydrogen (secondary N) is 1. The maximum absolute atomic E-state index is 12.7. The number of carbonyl (C=O) groups is 1. The van der Waals surface area contributed by atoms with Crippen molar-refractivity contribution in [2.75, 3.05) is 5.32 Å². The van der Waals surface area contributed by atoms with Gasteiger partial charge < -0.3 is 5.32 Å². The number of hydrogen-bond donors (Lipinski definition) is 1. The van der Waals surface area contributed by atoms with E-state index in [-0.39, 0.29) is 0 Å². The molecular formula is C11H5F9INO. The monoisotopic (exact) mass is 465 g/mol. The van der Waals surface area contributed by atoms with Crippen molar-refractivity contribution in [3.63, 3.8) is 0 Å². The van der Waals surface area contributed by atoms with Crippen LogP contribution >= 0.6 is 22.6 Å². The van der Waals surface area contributed by atoms with Crippen LogP contribution in [0.25, 0.3) is 0 Å². The van der Waals surface area contributed by atoms with E-state index in [1.54, 1.807) is 22.6 Å². The van der Waals surface area contributed by atoms with E-state index in [1.807, 2.05) is 0 Å². The van der Waals surface area contributed by atoms with Crippen LogP contribution in [0.1, 0.15) is 0 Å². The zero-order valence-electron chi connectivity index (χ0n) is 10.5. The standard InChI is InChI=1S/C11H5F9INO/c12-9(13,14)8(10(15,16)17,11(18,19)20)7(23)22-6-3-1-5(21)2-4-6/h1-4H,(H,22,23). The van der Waals surface area contributed by atoms with E-state index in [2.05, 4.69) is 0 Å². The maximum Gasteiger partial charge on any atom is 0.421 e. The van der Waals surface area contributed by atoms with Crippen LogP contribution in [0.3, 0.4) is 0 Å². The van der Waals surface area contributed by atoms with E-state index in [9.17, 15) is 44.3 Å². The number of rotatable bonds is 2. The summed E-state index contributed by atoms with van der Waals surface area (Å²) < 4.78 is 115. The molecule has 0 atom stereocenters. The van der Waals surface area contributed by atoms with Crippen LogP contribution in [-0.4, -0.2) is 24.4 Å². The average molecular weight is 465 g/mol. The van der Waals surface area contributed by atoms with E-state index >= 15 is 0 Å². The lowest BCUT2D eigenvalue weighted by molar-refractivity contribution is -0.405. The van der Waals surface area contributed by atoms with Crippen LogP contribution in [0.2, 0.25) is 0 Å². The van der Waals surface area contributed by atoms with Crippen molar-refractivity contribution in [3.8, 4) is 0 Å². The largest absolute Gasteiger partial charge is 0.421 e. The van der Waals surface area contributed by atoms with Gasteiger partial charge >= 0.3 is 23.9 Å². The highest BCUT2D eigenvalue weighted by atomic mass is 127. The highest BCUT2D eigenvalue weighted by Crippen LogP contribution is 2.59. The highest BCUT2D eigenvalue weighted by Gasteiger charge is 2.88. The average Bonchev–Trinajstić information content (AvgIpc) is 2.26. The Kier molecular flexibility index (Phi) is 5.19. The van der Waals surface area contributed by atoms with Crippen LogP contribution in [0.5, 0.6) is 0 Å². The molecule has 1 N–H and O–H groups in total. The summed E-state index contributed by atoms with van der Waals surface area (Å²) in [7, 11) is 0. The minimum Gasteiger partial charge on any atom is -0.325 e. The van der Waals surface area contributed by atoms with Gasteiger partial charge in [-0.1, -0.05) is 0 Å². The predicted molar refractivity (Wildman–Crippen MR) is 68.4 cm³/mol. The second kappa shape index (κ2) is 6.02. The number of amides is 1. The summed E-state index contributed by atoms with van der Waals surface area (Å²) in [5.74, 6) is -3.27. The summed E-state index contributed by atoms with van der Waals surface area (Å²) >= 11 is 1.73. The van der Waals surface area contributed by atoms with Crippen LogP contribution in [0.15, 0.2) is 24.3 Å². The SMILES string of the molecule is O=C(Nc1ccc(I)cc1)C(C(F)(F)F)(C(F)(F)F)C(F)(F)F. The van der Waals surface area contributed by atoms with Gasteiger partial charge in [-0.3, -0.25) is 4.79 Å². The molecule has 0 bridgehead atoms. The number of carbonyl (C=O) groups excluding carboxylic acids is 1. The first-order chi connectivity index (χ1) is 10.1. The molecule has 0 aliphatic heterocycles. The molecule has 1 rings (SSSR count). The summed E-state index contributed by atoms with van der Waals surface area (Å²) in [6, 6.07) is 4.08. The fourth-order valence-corrected chi connectivity index (χ4v) is 1.99. The second-order valence-corrected chi connectivity index (χ2v) is 5.45. The van der Waals surface area contributed by atoms with E-state index in [0.717, 1.165) is 17.4 Å². The fourth-order valence-electron chi connectivity index (χ4n) is 1.63. The molecule has 0 fully saturated rings. The van der Waals surface area contributed by atoms with Crippen molar-refractivity contribution in [1.82, 2.24) is 0 Å². The van der Waals surface area contributed by atoms with Gasteiger partial charge in [0.05, 0.1) is 0 Å². The van der Waals surface area contributed by atoms with Gasteiger partial charge in [-0.2, -0.15) is 39.5 Å². The lowest BCUT2D eigenvalue weighted by atomic mass is 9.84. The molecule has 130 valence electrons. The Morgan fingerprint density at radius 3 is 1.43 bits per heavy atom. The molecule has 0 saturated carbocycles. The third-order valence-corrected chi connectivity index (χ3v) is 3.44. The zero-order chi connectivity index (χ0) is 18.3. The summed E-state index contributed by atoms with van der Waals surface area (Å²) in [6.07, 6.45) is -20.8. The number of anilines is 1. The van der Waals surface area contributed by atoms with Crippen molar-refractivity contribution in [2.24, 2.45) is 5.41 Å². The van der Waals surface area contributed by atoms with E-state index in [4.69, 9.17) is 0 Å². The van der Waals surface area contributed by atoms with E-state index < -0.39 is 35.5 Å². The molecule has 0 aromatic heterocycles. The molecule has 2 nitrogen and oxygen atoms in total. The van der Waals surface area contributed by atoms with Gasteiger partial charge in [-0.25, -0.2) is 0 Å².